The van der Waals surface area contributed by atoms with Crippen molar-refractivity contribution in [1.29, 1.82) is 0 Å². The molecule has 0 radical (unpaired) electrons. The molecule has 1 atom stereocenters. The molecule has 0 bridgehead atoms. The Morgan fingerprint density at radius 2 is 2.22 bits per heavy atom. The number of nitrogens with zero attached hydrogens (tertiary/aromatic N) is 2. The lowest BCUT2D eigenvalue weighted by Crippen LogP contribution is -2.23. The van der Waals surface area contributed by atoms with Gasteiger partial charge < -0.3 is 10.2 Å². The van der Waals surface area contributed by atoms with E-state index in [4.69, 9.17) is 0 Å². The second-order valence-electron chi connectivity index (χ2n) is 4.77. The van der Waals surface area contributed by atoms with Crippen LogP contribution in [-0.2, 0) is 4.79 Å². The van der Waals surface area contributed by atoms with Gasteiger partial charge in [-0.3, -0.25) is 4.79 Å². The number of hydrogen-bond acceptors (Lipinski definition) is 3. The van der Waals surface area contributed by atoms with Gasteiger partial charge in [0.15, 0.2) is 0 Å². The van der Waals surface area contributed by atoms with Crippen molar-refractivity contribution in [3.63, 3.8) is 0 Å². The smallest absolute Gasteiger partial charge is 0.227 e. The van der Waals surface area contributed by atoms with Gasteiger partial charge in [0.25, 0.3) is 0 Å². The molecule has 2 rings (SSSR count). The first-order valence-electron chi connectivity index (χ1n) is 6.26. The highest BCUT2D eigenvalue weighted by Crippen LogP contribution is 2.20. The van der Waals surface area contributed by atoms with Gasteiger partial charge >= 0.3 is 0 Å². The molecule has 0 spiro atoms. The van der Waals surface area contributed by atoms with Crippen molar-refractivity contribution in [1.82, 2.24) is 4.98 Å². The average Bonchev–Trinajstić information content (AvgIpc) is 2.40. The van der Waals surface area contributed by atoms with E-state index in [9.17, 15) is 4.79 Å². The lowest BCUT2D eigenvalue weighted by molar-refractivity contribution is -0.120. The van der Waals surface area contributed by atoms with Crippen LogP contribution in [0.2, 0.25) is 0 Å². The van der Waals surface area contributed by atoms with Crippen LogP contribution in [0.15, 0.2) is 30.5 Å². The van der Waals surface area contributed by atoms with Crippen LogP contribution in [0, 0.1) is 5.92 Å². The number of rotatable bonds is 3. The SMILES string of the molecule is CN(C)c1ccc(NC(=O)C2CC=CCC2)cn1. The third-order valence-electron chi connectivity index (χ3n) is 3.11. The molecule has 0 fully saturated rings. The van der Waals surface area contributed by atoms with Crippen molar-refractivity contribution in [3.8, 4) is 0 Å². The van der Waals surface area contributed by atoms with Gasteiger partial charge in [0.1, 0.15) is 5.82 Å². The number of nitrogens with one attached hydrogen (secondary N) is 1. The van der Waals surface area contributed by atoms with E-state index in [2.05, 4.69) is 22.5 Å². The van der Waals surface area contributed by atoms with Crippen LogP contribution in [0.4, 0.5) is 11.5 Å². The lowest BCUT2D eigenvalue weighted by atomic mass is 9.93. The first kappa shape index (κ1) is 12.6. The van der Waals surface area contributed by atoms with Gasteiger partial charge in [0.05, 0.1) is 11.9 Å². The van der Waals surface area contributed by atoms with Crippen LogP contribution in [0.25, 0.3) is 0 Å². The summed E-state index contributed by atoms with van der Waals surface area (Å²) in [4.78, 5) is 18.2. The number of anilines is 2. The summed E-state index contributed by atoms with van der Waals surface area (Å²) >= 11 is 0. The van der Waals surface area contributed by atoms with Crippen LogP contribution in [0.1, 0.15) is 19.3 Å². The zero-order valence-corrected chi connectivity index (χ0v) is 10.9. The maximum absolute atomic E-state index is 12.0. The molecule has 0 aliphatic heterocycles. The second-order valence-corrected chi connectivity index (χ2v) is 4.77. The van der Waals surface area contributed by atoms with Crippen LogP contribution >= 0.6 is 0 Å². The third kappa shape index (κ3) is 3.09. The van der Waals surface area contributed by atoms with Crippen molar-refractivity contribution in [2.45, 2.75) is 19.3 Å². The molecular formula is C14H19N3O. The van der Waals surface area contributed by atoms with Crippen molar-refractivity contribution in [3.05, 3.63) is 30.5 Å². The van der Waals surface area contributed by atoms with Crippen LogP contribution < -0.4 is 10.2 Å². The number of pyridine rings is 1. The number of carbonyl (C=O) groups is 1. The molecule has 0 saturated carbocycles. The normalized spacial score (nSPS) is 18.4. The quantitative estimate of drug-likeness (QED) is 0.832. The summed E-state index contributed by atoms with van der Waals surface area (Å²) in [6, 6.07) is 3.79. The van der Waals surface area contributed by atoms with Crippen molar-refractivity contribution in [2.75, 3.05) is 24.3 Å². The number of carbonyl (C=O) groups excluding carboxylic acids is 1. The maximum Gasteiger partial charge on any atom is 0.227 e. The predicted molar refractivity (Wildman–Crippen MR) is 73.7 cm³/mol. The van der Waals surface area contributed by atoms with Gasteiger partial charge in [-0.15, -0.1) is 0 Å². The molecule has 0 saturated heterocycles. The maximum atomic E-state index is 12.0. The first-order chi connectivity index (χ1) is 8.66. The second kappa shape index (κ2) is 5.67. The molecule has 1 unspecified atom stereocenters. The summed E-state index contributed by atoms with van der Waals surface area (Å²) in [5, 5.41) is 2.92. The minimum Gasteiger partial charge on any atom is -0.363 e. The van der Waals surface area contributed by atoms with E-state index in [1.54, 1.807) is 6.20 Å². The van der Waals surface area contributed by atoms with Gasteiger partial charge in [0, 0.05) is 20.0 Å². The minimum atomic E-state index is 0.0961. The summed E-state index contributed by atoms with van der Waals surface area (Å²) < 4.78 is 0. The summed E-state index contributed by atoms with van der Waals surface area (Å²) in [5.74, 6) is 1.08. The van der Waals surface area contributed by atoms with E-state index >= 15 is 0 Å². The Labute approximate surface area is 108 Å². The summed E-state index contributed by atoms with van der Waals surface area (Å²) in [7, 11) is 3.88. The predicted octanol–water partition coefficient (Wildman–Crippen LogP) is 2.44. The molecule has 4 heteroatoms. The molecule has 1 aromatic rings. The van der Waals surface area contributed by atoms with Crippen LogP contribution in [0.5, 0.6) is 0 Å². The van der Waals surface area contributed by atoms with Crippen molar-refractivity contribution in [2.24, 2.45) is 5.92 Å². The number of amides is 1. The highest BCUT2D eigenvalue weighted by Gasteiger charge is 2.18. The monoisotopic (exact) mass is 245 g/mol. The minimum absolute atomic E-state index is 0.0961. The molecule has 1 N–H and O–H groups in total. The van der Waals surface area contributed by atoms with Crippen molar-refractivity contribution >= 4 is 17.4 Å². The van der Waals surface area contributed by atoms with Gasteiger partial charge in [-0.25, -0.2) is 4.98 Å². The molecule has 1 aromatic heterocycles. The third-order valence-corrected chi connectivity index (χ3v) is 3.11. The Hall–Kier alpha value is -1.84. The molecule has 1 aliphatic carbocycles. The Kier molecular flexibility index (Phi) is 3.97. The fourth-order valence-electron chi connectivity index (χ4n) is 2.00. The average molecular weight is 245 g/mol. The number of hydrogen-bond donors (Lipinski definition) is 1. The topological polar surface area (TPSA) is 45.2 Å². The van der Waals surface area contributed by atoms with E-state index in [0.29, 0.717) is 0 Å². The highest BCUT2D eigenvalue weighted by atomic mass is 16.1. The number of aromatic nitrogens is 1. The first-order valence-corrected chi connectivity index (χ1v) is 6.26. The zero-order chi connectivity index (χ0) is 13.0. The molecule has 18 heavy (non-hydrogen) atoms. The standard InChI is InChI=1S/C14H19N3O/c1-17(2)13-9-8-12(10-15-13)16-14(18)11-6-4-3-5-7-11/h3-4,8-11H,5-7H2,1-2H3,(H,16,18). The van der Waals surface area contributed by atoms with E-state index in [-0.39, 0.29) is 11.8 Å². The Morgan fingerprint density at radius 3 is 2.78 bits per heavy atom. The zero-order valence-electron chi connectivity index (χ0n) is 10.9. The van der Waals surface area contributed by atoms with Gasteiger partial charge in [-0.2, -0.15) is 0 Å². The van der Waals surface area contributed by atoms with E-state index in [1.807, 2.05) is 31.1 Å². The molecule has 1 amide bonds. The van der Waals surface area contributed by atoms with E-state index in [0.717, 1.165) is 30.8 Å². The fourth-order valence-corrected chi connectivity index (χ4v) is 2.00. The summed E-state index contributed by atoms with van der Waals surface area (Å²) in [5.41, 5.74) is 0.764. The van der Waals surface area contributed by atoms with E-state index < -0.39 is 0 Å². The van der Waals surface area contributed by atoms with Gasteiger partial charge in [-0.1, -0.05) is 12.2 Å². The van der Waals surface area contributed by atoms with Crippen LogP contribution in [-0.4, -0.2) is 25.0 Å². The van der Waals surface area contributed by atoms with Gasteiger partial charge in [-0.05, 0) is 31.4 Å². The fraction of sp³-hybridized carbons (Fsp3) is 0.429. The Morgan fingerprint density at radius 1 is 1.39 bits per heavy atom. The Bertz CT molecular complexity index is 437. The van der Waals surface area contributed by atoms with Crippen molar-refractivity contribution < 1.29 is 4.79 Å². The molecule has 1 heterocycles. The molecule has 1 aliphatic rings. The highest BCUT2D eigenvalue weighted by molar-refractivity contribution is 5.92. The summed E-state index contributed by atoms with van der Waals surface area (Å²) in [6.45, 7) is 0. The Balaban J connectivity index is 1.96. The van der Waals surface area contributed by atoms with Gasteiger partial charge in [0.2, 0.25) is 5.91 Å². The molecule has 96 valence electrons. The largest absolute Gasteiger partial charge is 0.363 e. The molecular weight excluding hydrogens is 226 g/mol. The number of allylic oxidation sites excluding steroid dienone is 2. The summed E-state index contributed by atoms with van der Waals surface area (Å²) in [6.07, 6.45) is 8.70. The molecule has 4 nitrogen and oxygen atoms in total. The van der Waals surface area contributed by atoms with E-state index in [1.165, 1.54) is 0 Å². The van der Waals surface area contributed by atoms with Crippen LogP contribution in [0.3, 0.4) is 0 Å². The molecule has 0 aromatic carbocycles. The lowest BCUT2D eigenvalue weighted by Gasteiger charge is -2.17.